The standard InChI is InChI=1S/C31H27N5O3.C26H24N4O4.C24H20N4O5S/c1-31(2,39)27-11-8-20(17-34-27)22-13-21(15-32-16-22)19-5-3-6-24(14-19)36-18-26(30(38)35-23-9-10-23)28(37)25-7-4-12-33-29(25)36;1-26(2,33)17-8-11-22(30(34)14-17)16-5-3-6-19(13-16)29-15-21(25(32)28-18-9-10-18)23(31)20-7-4-12-27-24(20)29;1-34(32,33)21-10-7-16(13-28(21)31)15-4-2-5-18(12-15)27-14-20(24(30)26-17-8-9-17)22(29)19-6-3-11-25-23(19)27/h3-8,11-18,23,39H,9-10H2,1-2H3,(H,35,38);3-8,11-15,18,33H,9-10H2,1-2H3,(H,28,32);2-7,10-14,17H,8-9H2,1H3,(H,26,30). The summed E-state index contributed by atoms with van der Waals surface area (Å²) >= 11 is 0. The quantitative estimate of drug-likeness (QED) is 0.0444. The Balaban J connectivity index is 0.000000135. The fourth-order valence-corrected chi connectivity index (χ4v) is 12.9. The van der Waals surface area contributed by atoms with Crippen LogP contribution in [0.3, 0.4) is 0 Å². The number of hydrogen-bond acceptors (Lipinski definition) is 17. The third-order valence-electron chi connectivity index (χ3n) is 18.4. The number of nitrogens with zero attached hydrogens (tertiary/aromatic N) is 10. The third kappa shape index (κ3) is 15.6. The molecule has 26 heteroatoms. The first kappa shape index (κ1) is 71.2. The molecule has 3 fully saturated rings. The molecule has 0 unspecified atom stereocenters. The van der Waals surface area contributed by atoms with Crippen molar-refractivity contribution in [2.75, 3.05) is 6.26 Å². The van der Waals surface area contributed by atoms with Crippen LogP contribution in [0, 0.1) is 10.4 Å². The van der Waals surface area contributed by atoms with E-state index in [1.54, 1.807) is 182 Å². The highest BCUT2D eigenvalue weighted by molar-refractivity contribution is 7.90. The largest absolute Gasteiger partial charge is 0.618 e. The lowest BCUT2D eigenvalue weighted by Gasteiger charge is -2.17. The minimum Gasteiger partial charge on any atom is -0.618 e. The van der Waals surface area contributed by atoms with E-state index < -0.39 is 38.3 Å². The first-order chi connectivity index (χ1) is 51.2. The van der Waals surface area contributed by atoms with Crippen LogP contribution in [0.4, 0.5) is 0 Å². The molecule has 10 heterocycles. The van der Waals surface area contributed by atoms with Crippen molar-refractivity contribution in [1.29, 1.82) is 0 Å². The van der Waals surface area contributed by atoms with Crippen LogP contribution in [0.15, 0.2) is 239 Å². The van der Waals surface area contributed by atoms with Crippen molar-refractivity contribution >= 4 is 60.7 Å². The second-order valence-corrected chi connectivity index (χ2v) is 29.7. The van der Waals surface area contributed by atoms with E-state index in [-0.39, 0.29) is 56.6 Å². The first-order valence-electron chi connectivity index (χ1n) is 34.5. The fraction of sp³-hybridized carbons (Fsp3) is 0.198. The molecule has 13 aromatic rings. The van der Waals surface area contributed by atoms with Crippen LogP contribution in [0.2, 0.25) is 0 Å². The monoisotopic (exact) mass is 1450 g/mol. The summed E-state index contributed by atoms with van der Waals surface area (Å²) in [7, 11) is -3.66. The summed E-state index contributed by atoms with van der Waals surface area (Å²) in [6, 6.07) is 44.4. The molecule has 3 saturated carbocycles. The maximum absolute atomic E-state index is 13.2. The van der Waals surface area contributed by atoms with Gasteiger partial charge in [0.1, 0.15) is 39.2 Å². The van der Waals surface area contributed by atoms with Gasteiger partial charge in [-0.3, -0.25) is 38.7 Å². The topological polar surface area (TPSA) is 346 Å². The molecular formula is C81H71N13O12S. The molecule has 3 aromatic carbocycles. The molecule has 25 nitrogen and oxygen atoms in total. The molecule has 3 amide bonds. The Bertz CT molecular complexity index is 6040. The number of fused-ring (bicyclic) bond motifs is 3. The first-order valence-corrected chi connectivity index (χ1v) is 36.4. The molecule has 0 saturated heterocycles. The van der Waals surface area contributed by atoms with Crippen LogP contribution in [0.5, 0.6) is 0 Å². The number of aromatic nitrogens is 10. The van der Waals surface area contributed by atoms with Gasteiger partial charge in [0.2, 0.25) is 31.8 Å². The molecule has 0 atom stereocenters. The van der Waals surface area contributed by atoms with Crippen molar-refractivity contribution in [3.8, 4) is 61.7 Å². The van der Waals surface area contributed by atoms with Crippen molar-refractivity contribution in [3.63, 3.8) is 0 Å². The van der Waals surface area contributed by atoms with Gasteiger partial charge in [0.25, 0.3) is 17.7 Å². The number of carbonyl (C=O) groups excluding carboxylic acids is 3. The predicted octanol–water partition coefficient (Wildman–Crippen LogP) is 9.42. The zero-order chi connectivity index (χ0) is 75.2. The van der Waals surface area contributed by atoms with Gasteiger partial charge in [-0.1, -0.05) is 36.4 Å². The van der Waals surface area contributed by atoms with Crippen LogP contribution < -0.4 is 41.7 Å². The normalized spacial score (nSPS) is 13.6. The predicted molar refractivity (Wildman–Crippen MR) is 402 cm³/mol. The highest BCUT2D eigenvalue weighted by atomic mass is 32.2. The van der Waals surface area contributed by atoms with Crippen molar-refractivity contribution in [2.45, 2.75) is 101 Å². The van der Waals surface area contributed by atoms with E-state index in [1.165, 1.54) is 30.9 Å². The summed E-state index contributed by atoms with van der Waals surface area (Å²) in [5, 5.41) is 54.8. The number of amides is 3. The van der Waals surface area contributed by atoms with E-state index in [4.69, 9.17) is 0 Å². The summed E-state index contributed by atoms with van der Waals surface area (Å²) in [6.07, 6.45) is 23.7. The summed E-state index contributed by atoms with van der Waals surface area (Å²) in [4.78, 5) is 99.7. The van der Waals surface area contributed by atoms with Crippen LogP contribution in [0.25, 0.3) is 94.8 Å². The number of benzene rings is 3. The van der Waals surface area contributed by atoms with Crippen molar-refractivity contribution in [1.82, 2.24) is 54.6 Å². The van der Waals surface area contributed by atoms with E-state index in [1.807, 2.05) is 48.5 Å². The van der Waals surface area contributed by atoms with E-state index in [0.717, 1.165) is 77.5 Å². The van der Waals surface area contributed by atoms with Crippen molar-refractivity contribution < 1.29 is 42.5 Å². The van der Waals surface area contributed by atoms with Crippen LogP contribution in [0.1, 0.15) is 109 Å². The van der Waals surface area contributed by atoms with Crippen molar-refractivity contribution in [2.24, 2.45) is 0 Å². The lowest BCUT2D eigenvalue weighted by molar-refractivity contribution is -0.646. The Morgan fingerprint density at radius 1 is 0.458 bits per heavy atom. The highest BCUT2D eigenvalue weighted by Crippen LogP contribution is 2.32. The Hall–Kier alpha value is -12.8. The number of carbonyl (C=O) groups is 3. The smallest absolute Gasteiger partial charge is 0.308 e. The number of aliphatic hydroxyl groups is 2. The van der Waals surface area contributed by atoms with Gasteiger partial charge in [0, 0.05) is 143 Å². The van der Waals surface area contributed by atoms with Gasteiger partial charge in [-0.05, 0) is 180 Å². The fourth-order valence-electron chi connectivity index (χ4n) is 12.2. The van der Waals surface area contributed by atoms with E-state index in [9.17, 15) is 57.8 Å². The lowest BCUT2D eigenvalue weighted by atomic mass is 9.99. The second kappa shape index (κ2) is 28.7. The summed E-state index contributed by atoms with van der Waals surface area (Å²) < 4.78 is 29.7. The number of nitrogens with one attached hydrogen (secondary N) is 3. The van der Waals surface area contributed by atoms with E-state index >= 15 is 0 Å². The molecule has 0 bridgehead atoms. The van der Waals surface area contributed by atoms with Gasteiger partial charge >= 0.3 is 5.03 Å². The van der Waals surface area contributed by atoms with Gasteiger partial charge in [-0.25, -0.2) is 23.4 Å². The number of pyridine rings is 10. The maximum atomic E-state index is 13.2. The molecule has 16 rings (SSSR count). The molecule has 0 radical (unpaired) electrons. The SMILES string of the molecule is CC(C)(O)c1ccc(-c2cccc(-n3cc(C(=O)NC4CC4)c(=O)c4cccnc43)c2)[n+]([O-])c1.CC(C)(O)c1ccc(-c2cncc(-c3cccc(-n4cc(C(=O)NC5CC5)c(=O)c5cccnc54)c3)c2)cn1.CS(=O)(=O)c1ccc(-c2cccc(-n3cc(C(=O)NC4CC4)c(=O)c4cccnc43)c2)c[n+]1[O-]. The molecule has 3 aliphatic carbocycles. The van der Waals surface area contributed by atoms with Crippen molar-refractivity contribution in [3.05, 3.63) is 289 Å². The van der Waals surface area contributed by atoms with Gasteiger partial charge in [-0.15, -0.1) is 0 Å². The Morgan fingerprint density at radius 2 is 0.879 bits per heavy atom. The van der Waals surface area contributed by atoms with Crippen LogP contribution in [-0.4, -0.2) is 99.4 Å². The molecule has 538 valence electrons. The number of rotatable bonds is 16. The molecular weight excluding hydrogens is 1380 g/mol. The Labute approximate surface area is 611 Å². The molecule has 5 N–H and O–H groups in total. The minimum atomic E-state index is -3.66. The molecule has 3 aliphatic rings. The number of sulfone groups is 1. The van der Waals surface area contributed by atoms with E-state index in [0.29, 0.717) is 82.8 Å². The molecule has 0 aliphatic heterocycles. The summed E-state index contributed by atoms with van der Waals surface area (Å²) in [5.74, 6) is -1.19. The highest BCUT2D eigenvalue weighted by Gasteiger charge is 2.30. The summed E-state index contributed by atoms with van der Waals surface area (Å²) in [5.41, 5.74) is 7.11. The van der Waals surface area contributed by atoms with Crippen LogP contribution >= 0.6 is 0 Å². The van der Waals surface area contributed by atoms with Gasteiger partial charge in [0.05, 0.1) is 27.5 Å². The zero-order valence-electron chi connectivity index (χ0n) is 58.6. The molecule has 107 heavy (non-hydrogen) atoms. The summed E-state index contributed by atoms with van der Waals surface area (Å²) in [6.45, 7) is 6.64. The Kier molecular flexibility index (Phi) is 19.1. The molecule has 0 spiro atoms. The number of hydrogen-bond donors (Lipinski definition) is 5. The van der Waals surface area contributed by atoms with Gasteiger partial charge in [0.15, 0.2) is 12.4 Å². The van der Waals surface area contributed by atoms with E-state index in [2.05, 4.69) is 40.9 Å². The van der Waals surface area contributed by atoms with Crippen LogP contribution in [-0.2, 0) is 21.0 Å². The van der Waals surface area contributed by atoms with Gasteiger partial charge in [-0.2, -0.15) is 9.46 Å². The van der Waals surface area contributed by atoms with Gasteiger partial charge < -0.3 is 50.3 Å². The molecule has 10 aromatic heterocycles. The lowest BCUT2D eigenvalue weighted by Crippen LogP contribution is -2.33. The zero-order valence-corrected chi connectivity index (χ0v) is 59.4. The minimum absolute atomic E-state index is 0.0210. The third-order valence-corrected chi connectivity index (χ3v) is 19.5. The average molecular weight is 1450 g/mol. The average Bonchev–Trinajstić information content (AvgIpc) is 1.42. The maximum Gasteiger partial charge on any atom is 0.308 e. The Morgan fingerprint density at radius 3 is 1.27 bits per heavy atom. The second-order valence-electron chi connectivity index (χ2n) is 27.7.